The number of carbonyl (C=O) groups is 2. The predicted molar refractivity (Wildman–Crippen MR) is 91.6 cm³/mol. The van der Waals surface area contributed by atoms with Gasteiger partial charge in [0.05, 0.1) is 13.1 Å². The highest BCUT2D eigenvalue weighted by molar-refractivity contribution is 6.44. The summed E-state index contributed by atoms with van der Waals surface area (Å²) in [4.78, 5) is 26.4. The summed E-state index contributed by atoms with van der Waals surface area (Å²) in [6.45, 7) is 0.432. The van der Waals surface area contributed by atoms with Gasteiger partial charge in [-0.3, -0.25) is 20.0 Å². The van der Waals surface area contributed by atoms with Crippen molar-refractivity contribution in [1.29, 1.82) is 5.41 Å². The minimum atomic E-state index is -0.884. The Balaban J connectivity index is 2.31. The maximum Gasteiger partial charge on any atom is 0.267 e. The molecule has 0 unspecified atom stereocenters. The van der Waals surface area contributed by atoms with Crippen molar-refractivity contribution in [3.05, 3.63) is 41.6 Å². The number of carbonyl (C=O) groups excluding carboxylic acids is 2. The Morgan fingerprint density at radius 3 is 2.75 bits per heavy atom. The Labute approximate surface area is 138 Å². The van der Waals surface area contributed by atoms with Crippen molar-refractivity contribution in [2.24, 2.45) is 16.5 Å². The lowest BCUT2D eigenvalue weighted by atomic mass is 10.0. The molecule has 8 heteroatoms. The number of anilines is 1. The van der Waals surface area contributed by atoms with Gasteiger partial charge in [0.15, 0.2) is 5.84 Å². The molecule has 1 aliphatic heterocycles. The second-order valence-electron chi connectivity index (χ2n) is 4.81. The van der Waals surface area contributed by atoms with E-state index in [4.69, 9.17) is 16.9 Å². The predicted octanol–water partition coefficient (Wildman–Crippen LogP) is -0.696. The molecule has 8 nitrogen and oxygen atoms in total. The molecule has 0 fully saturated rings. The van der Waals surface area contributed by atoms with Gasteiger partial charge in [-0.1, -0.05) is 5.92 Å². The first-order valence-electron chi connectivity index (χ1n) is 7.00. The van der Waals surface area contributed by atoms with Gasteiger partial charge in [0, 0.05) is 23.0 Å². The zero-order valence-electron chi connectivity index (χ0n) is 12.7. The van der Waals surface area contributed by atoms with Crippen LogP contribution in [0.2, 0.25) is 0 Å². The van der Waals surface area contributed by atoms with E-state index < -0.39 is 11.8 Å². The van der Waals surface area contributed by atoms with Crippen molar-refractivity contribution < 1.29 is 9.59 Å². The molecule has 0 aliphatic carbocycles. The van der Waals surface area contributed by atoms with Crippen LogP contribution in [0, 0.1) is 17.3 Å². The second-order valence-corrected chi connectivity index (χ2v) is 4.81. The largest absolute Gasteiger partial charge is 0.376 e. The van der Waals surface area contributed by atoms with E-state index in [0.29, 0.717) is 23.6 Å². The van der Waals surface area contributed by atoms with Gasteiger partial charge >= 0.3 is 0 Å². The summed E-state index contributed by atoms with van der Waals surface area (Å²) < 4.78 is 0. The van der Waals surface area contributed by atoms with Crippen molar-refractivity contribution in [2.75, 3.05) is 18.4 Å². The Kier molecular flexibility index (Phi) is 5.31. The Morgan fingerprint density at radius 1 is 1.33 bits per heavy atom. The summed E-state index contributed by atoms with van der Waals surface area (Å²) >= 11 is 0. The minimum Gasteiger partial charge on any atom is -0.376 e. The lowest BCUT2D eigenvalue weighted by molar-refractivity contribution is -0.116. The first-order chi connectivity index (χ1) is 11.5. The van der Waals surface area contributed by atoms with Gasteiger partial charge in [-0.2, -0.15) is 0 Å². The van der Waals surface area contributed by atoms with Gasteiger partial charge in [-0.05, 0) is 30.2 Å². The van der Waals surface area contributed by atoms with E-state index in [-0.39, 0.29) is 17.8 Å². The summed E-state index contributed by atoms with van der Waals surface area (Å²) in [6, 6.07) is 4.84. The average Bonchev–Trinajstić information content (AvgIpc) is 2.58. The van der Waals surface area contributed by atoms with Gasteiger partial charge in [-0.15, -0.1) is 0 Å². The number of nitrogens with zero attached hydrogens (tertiary/aromatic N) is 1. The molecule has 1 heterocycles. The number of primary amides is 2. The molecule has 1 aromatic carbocycles. The number of amides is 2. The molecule has 24 heavy (non-hydrogen) atoms. The van der Waals surface area contributed by atoms with Crippen molar-refractivity contribution >= 4 is 29.0 Å². The Morgan fingerprint density at radius 2 is 2.12 bits per heavy atom. The van der Waals surface area contributed by atoms with Crippen molar-refractivity contribution in [3.63, 3.8) is 0 Å². The number of amidine groups is 1. The summed E-state index contributed by atoms with van der Waals surface area (Å²) in [5, 5.41) is 13.5. The highest BCUT2D eigenvalue weighted by Crippen LogP contribution is 2.18. The summed E-state index contributed by atoms with van der Waals surface area (Å²) in [6.07, 6.45) is 3.61. The minimum absolute atomic E-state index is 0.128. The van der Waals surface area contributed by atoms with E-state index in [2.05, 4.69) is 27.5 Å². The lowest BCUT2D eigenvalue weighted by Gasteiger charge is -2.11. The number of nitrogens with one attached hydrogen (secondary N) is 3. The molecule has 0 aromatic heterocycles. The topological polar surface area (TPSA) is 146 Å². The smallest absolute Gasteiger partial charge is 0.267 e. The van der Waals surface area contributed by atoms with E-state index in [1.807, 2.05) is 6.08 Å². The van der Waals surface area contributed by atoms with E-state index in [0.717, 1.165) is 0 Å². The third-order valence-electron chi connectivity index (χ3n) is 3.01. The van der Waals surface area contributed by atoms with E-state index >= 15 is 0 Å². The van der Waals surface area contributed by atoms with Crippen LogP contribution in [0.5, 0.6) is 0 Å². The molecular formula is C16H16N6O2. The highest BCUT2D eigenvalue weighted by atomic mass is 16.1. The molecule has 2 amide bonds. The Bertz CT molecular complexity index is 814. The fourth-order valence-corrected chi connectivity index (χ4v) is 1.89. The SMILES string of the molecule is N=C(C(N)=O)c1cc(C#CC2=NCC=CN2)ccc1NCC(N)=O. The summed E-state index contributed by atoms with van der Waals surface area (Å²) in [5.41, 5.74) is 11.1. The van der Waals surface area contributed by atoms with Gasteiger partial charge in [-0.25, -0.2) is 0 Å². The first-order valence-corrected chi connectivity index (χ1v) is 7.00. The quantitative estimate of drug-likeness (QED) is 0.360. The van der Waals surface area contributed by atoms with Gasteiger partial charge in [0.2, 0.25) is 5.91 Å². The van der Waals surface area contributed by atoms with Crippen LogP contribution in [0.4, 0.5) is 5.69 Å². The second kappa shape index (κ2) is 7.60. The number of benzene rings is 1. The third kappa shape index (κ3) is 4.45. The van der Waals surface area contributed by atoms with Crippen LogP contribution in [0.25, 0.3) is 0 Å². The van der Waals surface area contributed by atoms with Crippen LogP contribution < -0.4 is 22.1 Å². The van der Waals surface area contributed by atoms with E-state index in [1.165, 1.54) is 0 Å². The molecule has 0 bridgehead atoms. The lowest BCUT2D eigenvalue weighted by Crippen LogP contribution is -2.26. The van der Waals surface area contributed by atoms with Crippen LogP contribution in [-0.2, 0) is 9.59 Å². The molecule has 0 saturated carbocycles. The number of nitrogens with two attached hydrogens (primary N) is 2. The van der Waals surface area contributed by atoms with Crippen LogP contribution in [0.1, 0.15) is 11.1 Å². The van der Waals surface area contributed by atoms with Crippen LogP contribution >= 0.6 is 0 Å². The molecule has 122 valence electrons. The van der Waals surface area contributed by atoms with E-state index in [1.54, 1.807) is 24.4 Å². The third-order valence-corrected chi connectivity index (χ3v) is 3.01. The number of hydrogen-bond donors (Lipinski definition) is 5. The van der Waals surface area contributed by atoms with Crippen molar-refractivity contribution in [2.45, 2.75) is 0 Å². The van der Waals surface area contributed by atoms with Crippen LogP contribution in [-0.4, -0.2) is 36.5 Å². The van der Waals surface area contributed by atoms with Gasteiger partial charge in [0.1, 0.15) is 5.71 Å². The zero-order chi connectivity index (χ0) is 17.5. The van der Waals surface area contributed by atoms with Gasteiger partial charge < -0.3 is 22.1 Å². The molecule has 1 aromatic rings. The van der Waals surface area contributed by atoms with Crippen LogP contribution in [0.15, 0.2) is 35.5 Å². The Hall–Kier alpha value is -3.60. The molecular weight excluding hydrogens is 308 g/mol. The fourth-order valence-electron chi connectivity index (χ4n) is 1.89. The number of rotatable bonds is 5. The highest BCUT2D eigenvalue weighted by Gasteiger charge is 2.14. The summed E-state index contributed by atoms with van der Waals surface area (Å²) in [5.74, 6) is 4.83. The maximum atomic E-state index is 11.3. The molecule has 0 spiro atoms. The van der Waals surface area contributed by atoms with Crippen molar-refractivity contribution in [1.82, 2.24) is 5.32 Å². The molecule has 0 radical (unpaired) electrons. The standard InChI is InChI=1S/C16H16N6O2/c17-13(23)9-22-12-4-2-10(8-11(12)15(18)16(19)24)3-5-14-20-6-1-7-21-14/h1-2,4,6,8,18,22H,7,9H2,(H2,17,23)(H2,19,24)(H,20,21). The molecule has 2 rings (SSSR count). The molecule has 1 aliphatic rings. The molecule has 7 N–H and O–H groups in total. The fraction of sp³-hybridized carbons (Fsp3) is 0.125. The van der Waals surface area contributed by atoms with Crippen LogP contribution in [0.3, 0.4) is 0 Å². The van der Waals surface area contributed by atoms with E-state index in [9.17, 15) is 9.59 Å². The summed E-state index contributed by atoms with van der Waals surface area (Å²) in [7, 11) is 0. The molecule has 0 atom stereocenters. The van der Waals surface area contributed by atoms with Crippen molar-refractivity contribution in [3.8, 4) is 11.8 Å². The normalized spacial score (nSPS) is 12.2. The number of aliphatic imine (C=N–C) groups is 1. The van der Waals surface area contributed by atoms with Gasteiger partial charge in [0.25, 0.3) is 5.91 Å². The number of hydrogen-bond acceptors (Lipinski definition) is 6. The monoisotopic (exact) mass is 324 g/mol. The zero-order valence-corrected chi connectivity index (χ0v) is 12.7. The molecule has 0 saturated heterocycles. The first kappa shape index (κ1) is 16.8. The average molecular weight is 324 g/mol. The maximum absolute atomic E-state index is 11.3.